The van der Waals surface area contributed by atoms with Gasteiger partial charge in [0.25, 0.3) is 0 Å². The summed E-state index contributed by atoms with van der Waals surface area (Å²) in [6, 6.07) is 14.1. The zero-order valence-electron chi connectivity index (χ0n) is 16.0. The van der Waals surface area contributed by atoms with Crippen LogP contribution in [0.15, 0.2) is 52.4 Å². The lowest BCUT2D eigenvalue weighted by molar-refractivity contribution is -0.119. The number of methoxy groups -OCH3 is 1. The zero-order chi connectivity index (χ0) is 19.9. The normalized spacial score (nSPS) is 12.2. The quantitative estimate of drug-likeness (QED) is 0.426. The number of nitrogens with one attached hydrogen (secondary N) is 2. The first-order chi connectivity index (χ1) is 13.6. The lowest BCUT2D eigenvalue weighted by Gasteiger charge is -2.16. The first-order valence-electron chi connectivity index (χ1n) is 9.14. The van der Waals surface area contributed by atoms with Crippen molar-refractivity contribution in [3.05, 3.63) is 58.5 Å². The summed E-state index contributed by atoms with van der Waals surface area (Å²) in [5, 5.41) is 12.3. The summed E-state index contributed by atoms with van der Waals surface area (Å²) >= 11 is 1.24. The average molecular weight is 401 g/mol. The second kappa shape index (κ2) is 9.57. The second-order valence-corrected chi connectivity index (χ2v) is 7.40. The van der Waals surface area contributed by atoms with Crippen molar-refractivity contribution in [1.82, 2.24) is 20.1 Å². The van der Waals surface area contributed by atoms with E-state index in [9.17, 15) is 9.59 Å². The molecule has 8 heteroatoms. The van der Waals surface area contributed by atoms with Crippen LogP contribution in [-0.2, 0) is 16.1 Å². The molecule has 0 aliphatic heterocycles. The van der Waals surface area contributed by atoms with Gasteiger partial charge in [-0.15, -0.1) is 5.10 Å². The molecule has 1 heterocycles. The molecule has 0 radical (unpaired) electrons. The molecule has 0 aliphatic carbocycles. The van der Waals surface area contributed by atoms with E-state index in [4.69, 9.17) is 4.74 Å². The predicted octanol–water partition coefficient (Wildman–Crippen LogP) is 2.73. The van der Waals surface area contributed by atoms with E-state index in [0.717, 1.165) is 16.3 Å². The van der Waals surface area contributed by atoms with Crippen LogP contribution in [0.25, 0.3) is 10.8 Å². The summed E-state index contributed by atoms with van der Waals surface area (Å²) in [6.45, 7) is 3.03. The molecule has 0 bridgehead atoms. The van der Waals surface area contributed by atoms with Gasteiger partial charge in [0.05, 0.1) is 11.8 Å². The molecule has 2 aromatic carbocycles. The molecular formula is C20H24N4O3S. The van der Waals surface area contributed by atoms with Crippen molar-refractivity contribution in [2.45, 2.75) is 31.1 Å². The van der Waals surface area contributed by atoms with Gasteiger partial charge >= 0.3 is 5.69 Å². The fraction of sp³-hybridized carbons (Fsp3) is 0.350. The minimum Gasteiger partial charge on any atom is -0.385 e. The van der Waals surface area contributed by atoms with Gasteiger partial charge in [-0.2, -0.15) is 0 Å². The number of carbonyl (C=O) groups is 1. The van der Waals surface area contributed by atoms with Gasteiger partial charge in [0, 0.05) is 20.3 Å². The first kappa shape index (κ1) is 20.2. The maximum Gasteiger partial charge on any atom is 0.343 e. The van der Waals surface area contributed by atoms with Gasteiger partial charge in [0.2, 0.25) is 5.91 Å². The minimum atomic E-state index is -0.275. The number of aromatic amines is 1. The third kappa shape index (κ3) is 4.82. The summed E-state index contributed by atoms with van der Waals surface area (Å²) in [5.41, 5.74) is 0.802. The second-order valence-electron chi connectivity index (χ2n) is 6.46. The molecule has 0 saturated heterocycles. The number of carbonyl (C=O) groups excluding carboxylic acids is 1. The van der Waals surface area contributed by atoms with Gasteiger partial charge in [-0.25, -0.2) is 9.89 Å². The topological polar surface area (TPSA) is 89.0 Å². The monoisotopic (exact) mass is 400 g/mol. The molecule has 1 aromatic heterocycles. The highest BCUT2D eigenvalue weighted by Crippen LogP contribution is 2.24. The third-order valence-electron chi connectivity index (χ3n) is 4.45. The Balaban J connectivity index is 1.61. The zero-order valence-corrected chi connectivity index (χ0v) is 16.8. The fourth-order valence-electron chi connectivity index (χ4n) is 3.10. The molecule has 0 saturated carbocycles. The van der Waals surface area contributed by atoms with Gasteiger partial charge < -0.3 is 10.1 Å². The number of hydrogen-bond acceptors (Lipinski definition) is 5. The average Bonchev–Trinajstić information content (AvgIpc) is 3.06. The van der Waals surface area contributed by atoms with Crippen LogP contribution in [0.5, 0.6) is 0 Å². The van der Waals surface area contributed by atoms with Gasteiger partial charge in [-0.05, 0) is 29.7 Å². The van der Waals surface area contributed by atoms with Crippen molar-refractivity contribution >= 4 is 28.4 Å². The number of rotatable bonds is 9. The van der Waals surface area contributed by atoms with Crippen molar-refractivity contribution < 1.29 is 9.53 Å². The number of amides is 1. The van der Waals surface area contributed by atoms with Crippen LogP contribution in [0.1, 0.15) is 24.9 Å². The molecular weight excluding hydrogens is 376 g/mol. The molecule has 7 nitrogen and oxygen atoms in total. The van der Waals surface area contributed by atoms with E-state index in [0.29, 0.717) is 24.7 Å². The molecule has 0 aliphatic rings. The number of thioether (sulfide) groups is 1. The molecule has 0 spiro atoms. The summed E-state index contributed by atoms with van der Waals surface area (Å²) < 4.78 is 6.55. The molecule has 0 unspecified atom stereocenters. The fourth-order valence-corrected chi connectivity index (χ4v) is 3.88. The summed E-state index contributed by atoms with van der Waals surface area (Å²) in [7, 11) is 1.62. The highest BCUT2D eigenvalue weighted by atomic mass is 32.2. The number of nitrogens with zero attached hydrogens (tertiary/aromatic N) is 2. The van der Waals surface area contributed by atoms with Crippen molar-refractivity contribution in [3.63, 3.8) is 0 Å². The molecule has 1 atom stereocenters. The Kier molecular flexibility index (Phi) is 6.89. The molecule has 28 heavy (non-hydrogen) atoms. The van der Waals surface area contributed by atoms with E-state index in [1.165, 1.54) is 16.3 Å². The molecule has 0 fully saturated rings. The van der Waals surface area contributed by atoms with Crippen LogP contribution in [-0.4, -0.2) is 40.1 Å². The van der Waals surface area contributed by atoms with E-state index in [-0.39, 0.29) is 23.4 Å². The number of hydrogen-bond donors (Lipinski definition) is 2. The maximum atomic E-state index is 12.4. The van der Waals surface area contributed by atoms with Crippen LogP contribution in [0.4, 0.5) is 0 Å². The Labute approximate surface area is 167 Å². The Hall–Kier alpha value is -2.58. The molecule has 3 rings (SSSR count). The standard InChI is InChI=1S/C20H24N4O3S/c1-14(16-10-5-8-15-7-3-4-9-17(15)16)21-18(25)13-28-20-23-22-19(26)24(20)11-6-12-27-2/h3-5,7-10,14H,6,11-13H2,1-2H3,(H,21,25)(H,22,26)/t14-/m0/s1. The lowest BCUT2D eigenvalue weighted by atomic mass is 10.00. The SMILES string of the molecule is COCCCn1c(SCC(=O)N[C@@H](C)c2cccc3ccccc23)n[nH]c1=O. The van der Waals surface area contributed by atoms with E-state index in [2.05, 4.69) is 33.7 Å². The van der Waals surface area contributed by atoms with E-state index in [1.54, 1.807) is 7.11 Å². The van der Waals surface area contributed by atoms with Crippen molar-refractivity contribution in [3.8, 4) is 0 Å². The number of ether oxygens (including phenoxy) is 1. The lowest BCUT2D eigenvalue weighted by Crippen LogP contribution is -2.28. The largest absolute Gasteiger partial charge is 0.385 e. The number of fused-ring (bicyclic) bond motifs is 1. The maximum absolute atomic E-state index is 12.4. The number of H-pyrrole nitrogens is 1. The van der Waals surface area contributed by atoms with Crippen LogP contribution in [0.3, 0.4) is 0 Å². The van der Waals surface area contributed by atoms with Crippen LogP contribution in [0, 0.1) is 0 Å². The van der Waals surface area contributed by atoms with Crippen LogP contribution in [0.2, 0.25) is 0 Å². The van der Waals surface area contributed by atoms with Gasteiger partial charge in [-0.3, -0.25) is 9.36 Å². The van der Waals surface area contributed by atoms with Crippen LogP contribution < -0.4 is 11.0 Å². The van der Waals surface area contributed by atoms with Crippen molar-refractivity contribution in [1.29, 1.82) is 0 Å². The highest BCUT2D eigenvalue weighted by molar-refractivity contribution is 7.99. The number of aromatic nitrogens is 3. The molecule has 3 aromatic rings. The summed E-state index contributed by atoms with van der Waals surface area (Å²) in [5.74, 6) is 0.0771. The Morgan fingerprint density at radius 2 is 2.07 bits per heavy atom. The smallest absolute Gasteiger partial charge is 0.343 e. The van der Waals surface area contributed by atoms with Gasteiger partial charge in [0.1, 0.15) is 0 Å². The summed E-state index contributed by atoms with van der Waals surface area (Å²) in [4.78, 5) is 24.3. The third-order valence-corrected chi connectivity index (χ3v) is 5.43. The first-order valence-corrected chi connectivity index (χ1v) is 10.1. The Morgan fingerprint density at radius 3 is 2.89 bits per heavy atom. The molecule has 1 amide bonds. The Bertz CT molecular complexity index is 993. The highest BCUT2D eigenvalue weighted by Gasteiger charge is 2.15. The van der Waals surface area contributed by atoms with Crippen LogP contribution >= 0.6 is 11.8 Å². The molecule has 2 N–H and O–H groups in total. The predicted molar refractivity (Wildman–Crippen MR) is 111 cm³/mol. The van der Waals surface area contributed by atoms with Gasteiger partial charge in [-0.1, -0.05) is 54.2 Å². The Morgan fingerprint density at radius 1 is 1.29 bits per heavy atom. The number of benzene rings is 2. The minimum absolute atomic E-state index is 0.107. The van der Waals surface area contributed by atoms with Crippen molar-refractivity contribution in [2.24, 2.45) is 0 Å². The molecule has 148 valence electrons. The summed E-state index contributed by atoms with van der Waals surface area (Å²) in [6.07, 6.45) is 0.702. The van der Waals surface area contributed by atoms with Crippen molar-refractivity contribution in [2.75, 3.05) is 19.5 Å². The van der Waals surface area contributed by atoms with Gasteiger partial charge in [0.15, 0.2) is 5.16 Å². The van der Waals surface area contributed by atoms with E-state index < -0.39 is 0 Å². The van der Waals surface area contributed by atoms with E-state index >= 15 is 0 Å². The van der Waals surface area contributed by atoms with E-state index in [1.807, 2.05) is 31.2 Å².